The molecule has 1 amide bonds. The van der Waals surface area contributed by atoms with Crippen molar-refractivity contribution in [3.63, 3.8) is 0 Å². The lowest BCUT2D eigenvalue weighted by Gasteiger charge is -2.08. The number of nitrogens with zero attached hydrogens (tertiary/aromatic N) is 1. The summed E-state index contributed by atoms with van der Waals surface area (Å²) in [4.78, 5) is 24.2. The summed E-state index contributed by atoms with van der Waals surface area (Å²) in [6.07, 6.45) is 2.32. The Bertz CT molecular complexity index is 797. The fourth-order valence-corrected chi connectivity index (χ4v) is 3.98. The number of aryl methyl sites for hydroxylation is 1. The normalized spacial score (nSPS) is 13.4. The molecule has 1 aliphatic rings. The van der Waals surface area contributed by atoms with Gasteiger partial charge in [-0.15, -0.1) is 0 Å². The van der Waals surface area contributed by atoms with Gasteiger partial charge in [0.25, 0.3) is 5.91 Å². The van der Waals surface area contributed by atoms with E-state index in [0.29, 0.717) is 18.2 Å². The summed E-state index contributed by atoms with van der Waals surface area (Å²) < 4.78 is 7.39. The first-order valence-corrected chi connectivity index (χ1v) is 10.5. The zero-order valence-electron chi connectivity index (χ0n) is 15.9. The molecule has 1 heterocycles. The first kappa shape index (κ1) is 19.5. The molecule has 5 nitrogen and oxygen atoms in total. The molecule has 1 N–H and O–H groups in total. The van der Waals surface area contributed by atoms with Crippen LogP contribution in [0.1, 0.15) is 46.2 Å². The van der Waals surface area contributed by atoms with Gasteiger partial charge in [-0.25, -0.2) is 4.79 Å². The maximum atomic E-state index is 12.3. The highest BCUT2D eigenvalue weighted by molar-refractivity contribution is 7.98. The molecule has 0 radical (unpaired) electrons. The van der Waals surface area contributed by atoms with Crippen molar-refractivity contribution in [2.45, 2.75) is 38.5 Å². The highest BCUT2D eigenvalue weighted by Gasteiger charge is 2.28. The number of hydrogen-bond acceptors (Lipinski definition) is 4. The van der Waals surface area contributed by atoms with Crippen LogP contribution in [0.2, 0.25) is 0 Å². The predicted molar refractivity (Wildman–Crippen MR) is 108 cm³/mol. The summed E-state index contributed by atoms with van der Waals surface area (Å²) in [6.45, 7) is 4.26. The topological polar surface area (TPSA) is 60.3 Å². The smallest absolute Gasteiger partial charge is 0.340 e. The van der Waals surface area contributed by atoms with Crippen molar-refractivity contribution >= 4 is 23.6 Å². The Balaban J connectivity index is 1.35. The van der Waals surface area contributed by atoms with Gasteiger partial charge in [-0.05, 0) is 38.3 Å². The lowest BCUT2D eigenvalue weighted by molar-refractivity contribution is -0.124. The first-order chi connectivity index (χ1) is 13.1. The highest BCUT2D eigenvalue weighted by atomic mass is 32.2. The number of hydrogen-bond donors (Lipinski definition) is 1. The average molecular weight is 387 g/mol. The van der Waals surface area contributed by atoms with Crippen LogP contribution in [0, 0.1) is 13.8 Å². The number of carbonyl (C=O) groups excluding carboxylic acids is 2. The maximum absolute atomic E-state index is 12.3. The second kappa shape index (κ2) is 9.13. The Hall–Kier alpha value is -2.21. The molecule has 0 unspecified atom stereocenters. The van der Waals surface area contributed by atoms with Crippen LogP contribution in [-0.2, 0) is 15.3 Å². The predicted octanol–water partition coefficient (Wildman–Crippen LogP) is 3.65. The fourth-order valence-electron chi connectivity index (χ4n) is 3.17. The Morgan fingerprint density at radius 2 is 1.96 bits per heavy atom. The SMILES string of the molecule is Cc1cc(C(=O)OCC(=O)NCCSCc2ccccc2)c(C)n1C1CC1. The van der Waals surface area contributed by atoms with Crippen molar-refractivity contribution in [3.05, 3.63) is 58.9 Å². The van der Waals surface area contributed by atoms with Crippen molar-refractivity contribution in [1.82, 2.24) is 9.88 Å². The quantitative estimate of drug-likeness (QED) is 0.528. The van der Waals surface area contributed by atoms with E-state index in [9.17, 15) is 9.59 Å². The third-order valence-electron chi connectivity index (χ3n) is 4.63. The lowest BCUT2D eigenvalue weighted by Crippen LogP contribution is -2.30. The summed E-state index contributed by atoms with van der Waals surface area (Å²) in [6, 6.07) is 12.6. The molecule has 1 aromatic carbocycles. The highest BCUT2D eigenvalue weighted by Crippen LogP contribution is 2.38. The number of benzene rings is 1. The van der Waals surface area contributed by atoms with E-state index in [0.717, 1.165) is 35.7 Å². The molecular weight excluding hydrogens is 360 g/mol. The summed E-state index contributed by atoms with van der Waals surface area (Å²) in [7, 11) is 0. The van der Waals surface area contributed by atoms with E-state index in [1.165, 1.54) is 5.56 Å². The van der Waals surface area contributed by atoms with Gasteiger partial charge in [-0.2, -0.15) is 11.8 Å². The first-order valence-electron chi connectivity index (χ1n) is 9.30. The van der Waals surface area contributed by atoms with Crippen LogP contribution in [0.15, 0.2) is 36.4 Å². The van der Waals surface area contributed by atoms with Gasteiger partial charge >= 0.3 is 5.97 Å². The van der Waals surface area contributed by atoms with Gasteiger partial charge in [0.15, 0.2) is 6.61 Å². The van der Waals surface area contributed by atoms with E-state index in [1.54, 1.807) is 11.8 Å². The molecule has 1 aromatic heterocycles. The van der Waals surface area contributed by atoms with E-state index in [1.807, 2.05) is 38.1 Å². The molecular formula is C21H26N2O3S. The number of aromatic nitrogens is 1. The Labute approximate surface area is 164 Å². The van der Waals surface area contributed by atoms with Crippen LogP contribution >= 0.6 is 11.8 Å². The van der Waals surface area contributed by atoms with Crippen molar-refractivity contribution in [3.8, 4) is 0 Å². The van der Waals surface area contributed by atoms with E-state index in [4.69, 9.17) is 4.74 Å². The molecule has 0 saturated heterocycles. The molecule has 1 aliphatic carbocycles. The Kier molecular flexibility index (Phi) is 6.61. The van der Waals surface area contributed by atoms with Gasteiger partial charge in [0.2, 0.25) is 0 Å². The minimum Gasteiger partial charge on any atom is -0.452 e. The van der Waals surface area contributed by atoms with Crippen LogP contribution in [0.25, 0.3) is 0 Å². The number of nitrogens with one attached hydrogen (secondary N) is 1. The molecule has 0 aliphatic heterocycles. The Morgan fingerprint density at radius 3 is 2.67 bits per heavy atom. The molecule has 0 bridgehead atoms. The summed E-state index contributed by atoms with van der Waals surface area (Å²) in [5.41, 5.74) is 3.83. The largest absolute Gasteiger partial charge is 0.452 e. The number of amides is 1. The summed E-state index contributed by atoms with van der Waals surface area (Å²) in [5.74, 6) is 1.04. The van der Waals surface area contributed by atoms with Gasteiger partial charge in [0.1, 0.15) is 0 Å². The number of ether oxygens (including phenoxy) is 1. The van der Waals surface area contributed by atoms with Gasteiger partial charge < -0.3 is 14.6 Å². The van der Waals surface area contributed by atoms with Crippen LogP contribution in [0.3, 0.4) is 0 Å². The molecule has 0 atom stereocenters. The van der Waals surface area contributed by atoms with Crippen LogP contribution < -0.4 is 5.32 Å². The molecule has 1 fully saturated rings. The van der Waals surface area contributed by atoms with Crippen LogP contribution in [-0.4, -0.2) is 35.3 Å². The van der Waals surface area contributed by atoms with Crippen LogP contribution in [0.5, 0.6) is 0 Å². The third-order valence-corrected chi connectivity index (χ3v) is 5.66. The number of thioether (sulfide) groups is 1. The molecule has 2 aromatic rings. The van der Waals surface area contributed by atoms with Gasteiger partial charge in [0, 0.05) is 35.5 Å². The summed E-state index contributed by atoms with van der Waals surface area (Å²) >= 11 is 1.76. The van der Waals surface area contributed by atoms with E-state index in [-0.39, 0.29) is 12.5 Å². The number of rotatable bonds is 9. The third kappa shape index (κ3) is 5.39. The van der Waals surface area contributed by atoms with Crippen molar-refractivity contribution in [2.75, 3.05) is 18.9 Å². The summed E-state index contributed by atoms with van der Waals surface area (Å²) in [5, 5.41) is 2.79. The van der Waals surface area contributed by atoms with Crippen molar-refractivity contribution < 1.29 is 14.3 Å². The lowest BCUT2D eigenvalue weighted by atomic mass is 10.2. The second-order valence-electron chi connectivity index (χ2n) is 6.85. The number of carbonyl (C=O) groups is 2. The minimum absolute atomic E-state index is 0.241. The molecule has 144 valence electrons. The fraction of sp³-hybridized carbons (Fsp3) is 0.429. The van der Waals surface area contributed by atoms with Crippen molar-refractivity contribution in [2.24, 2.45) is 0 Å². The molecule has 6 heteroatoms. The second-order valence-corrected chi connectivity index (χ2v) is 7.96. The monoisotopic (exact) mass is 386 g/mol. The Morgan fingerprint density at radius 1 is 1.22 bits per heavy atom. The molecule has 3 rings (SSSR count). The molecule has 27 heavy (non-hydrogen) atoms. The zero-order chi connectivity index (χ0) is 19.2. The average Bonchev–Trinajstić information content (AvgIpc) is 3.45. The number of esters is 1. The van der Waals surface area contributed by atoms with E-state index in [2.05, 4.69) is 22.0 Å². The van der Waals surface area contributed by atoms with E-state index < -0.39 is 5.97 Å². The molecule has 0 spiro atoms. The van der Waals surface area contributed by atoms with E-state index >= 15 is 0 Å². The van der Waals surface area contributed by atoms with Gasteiger partial charge in [-0.3, -0.25) is 4.79 Å². The minimum atomic E-state index is -0.427. The standard InChI is InChI=1S/C21H26N2O3S/c1-15-12-19(16(2)23(15)18-8-9-18)21(25)26-13-20(24)22-10-11-27-14-17-6-4-3-5-7-17/h3-7,12,18H,8-11,13-14H2,1-2H3,(H,22,24). The van der Waals surface area contributed by atoms with Crippen LogP contribution in [0.4, 0.5) is 0 Å². The zero-order valence-corrected chi connectivity index (χ0v) is 16.7. The molecule has 1 saturated carbocycles. The van der Waals surface area contributed by atoms with Gasteiger partial charge in [0.05, 0.1) is 5.56 Å². The van der Waals surface area contributed by atoms with Gasteiger partial charge in [-0.1, -0.05) is 30.3 Å². The maximum Gasteiger partial charge on any atom is 0.340 e. The van der Waals surface area contributed by atoms with Crippen molar-refractivity contribution in [1.29, 1.82) is 0 Å².